The van der Waals surface area contributed by atoms with Crippen molar-refractivity contribution in [2.24, 2.45) is 0 Å². The van der Waals surface area contributed by atoms with Crippen LogP contribution in [0.1, 0.15) is 26.3 Å². The van der Waals surface area contributed by atoms with Crippen LogP contribution in [-0.2, 0) is 4.74 Å². The van der Waals surface area contributed by atoms with Crippen LogP contribution < -0.4 is 0 Å². The zero-order valence-corrected chi connectivity index (χ0v) is 33.9. The van der Waals surface area contributed by atoms with Crippen molar-refractivity contribution >= 4 is 96.9 Å². The highest BCUT2D eigenvalue weighted by atomic mass is 79.9. The van der Waals surface area contributed by atoms with Crippen molar-refractivity contribution in [3.8, 4) is 54.8 Å². The number of benzene rings is 5. The van der Waals surface area contributed by atoms with Crippen LogP contribution in [0, 0.1) is 6.92 Å². The van der Waals surface area contributed by atoms with E-state index < -0.39 is 11.9 Å². The largest absolute Gasteiger partial charge is 0.478 e. The topological polar surface area (TPSA) is 89.4 Å². The molecule has 0 saturated carbocycles. The maximum Gasteiger partial charge on any atom is 0.339 e. The monoisotopic (exact) mass is 880 g/mol. The molecule has 0 atom stereocenters. The van der Waals surface area contributed by atoms with Crippen LogP contribution in [0.2, 0.25) is 20.1 Å². The molecule has 1 N–H and O–H groups in total. The normalized spacial score (nSPS) is 10.8. The van der Waals surface area contributed by atoms with Gasteiger partial charge in [-0.3, -0.25) is 0 Å². The van der Waals surface area contributed by atoms with E-state index >= 15 is 0 Å². The number of carbonyl (C=O) groups excluding carboxylic acids is 1. The highest BCUT2D eigenvalue weighted by Crippen LogP contribution is 2.36. The standard InChI is InChI=1S/C23H15Cl2NO2S.C17H10BrCl2NO2S/c1-13-4-2-3-5-16(13)17-8-6-15(10-18(17)23(27)28)22-26-21(12-29-22)14-7-9-19(24)20(25)11-14;1-23-17(22)11-6-10(2-4-12(11)18)16-21-15(8-24-16)9-3-5-13(19)14(20)7-9/h2-12H,1H3,(H,27,28);2-8H,1H3. The molecule has 0 saturated heterocycles. The summed E-state index contributed by atoms with van der Waals surface area (Å²) in [6.45, 7) is 1.97. The lowest BCUT2D eigenvalue weighted by atomic mass is 9.94. The number of carbonyl (C=O) groups is 2. The fourth-order valence-corrected chi connectivity index (χ4v) is 7.93. The minimum absolute atomic E-state index is 0.253. The third-order valence-electron chi connectivity index (χ3n) is 7.99. The summed E-state index contributed by atoms with van der Waals surface area (Å²) in [5, 5.41) is 17.1. The van der Waals surface area contributed by atoms with Crippen LogP contribution in [0.15, 0.2) is 112 Å². The molecule has 0 bridgehead atoms. The molecule has 53 heavy (non-hydrogen) atoms. The smallest absolute Gasteiger partial charge is 0.339 e. The van der Waals surface area contributed by atoms with Crippen molar-refractivity contribution in [3.63, 3.8) is 0 Å². The Morgan fingerprint density at radius 2 is 1.15 bits per heavy atom. The van der Waals surface area contributed by atoms with Crippen molar-refractivity contribution in [2.45, 2.75) is 6.92 Å². The van der Waals surface area contributed by atoms with Crippen molar-refractivity contribution < 1.29 is 19.4 Å². The molecule has 0 fully saturated rings. The fraction of sp³-hybridized carbons (Fsp3) is 0.0500. The van der Waals surface area contributed by atoms with Crippen LogP contribution >= 0.6 is 85.0 Å². The molecule has 0 spiro atoms. The average Bonchev–Trinajstić information content (AvgIpc) is 3.86. The van der Waals surface area contributed by atoms with Gasteiger partial charge in [-0.1, -0.05) is 101 Å². The molecular formula is C40H25BrCl4N2O4S2. The van der Waals surface area contributed by atoms with E-state index in [1.165, 1.54) is 29.8 Å². The Bertz CT molecular complexity index is 2500. The zero-order valence-electron chi connectivity index (χ0n) is 27.7. The van der Waals surface area contributed by atoms with Gasteiger partial charge in [-0.05, 0) is 82.0 Å². The van der Waals surface area contributed by atoms with Gasteiger partial charge in [0, 0.05) is 37.5 Å². The molecule has 0 aliphatic rings. The van der Waals surface area contributed by atoms with Gasteiger partial charge in [-0.2, -0.15) is 0 Å². The van der Waals surface area contributed by atoms with Gasteiger partial charge in [0.15, 0.2) is 0 Å². The second kappa shape index (κ2) is 17.0. The summed E-state index contributed by atoms with van der Waals surface area (Å²) < 4.78 is 5.47. The molecule has 0 unspecified atom stereocenters. The van der Waals surface area contributed by atoms with E-state index in [4.69, 9.17) is 51.1 Å². The molecule has 6 nitrogen and oxygen atoms in total. The summed E-state index contributed by atoms with van der Waals surface area (Å²) in [6.07, 6.45) is 0. The quantitative estimate of drug-likeness (QED) is 0.160. The number of aromatic nitrogens is 2. The molecule has 13 heteroatoms. The average molecular weight is 883 g/mol. The minimum atomic E-state index is -0.966. The third kappa shape index (κ3) is 8.85. The summed E-state index contributed by atoms with van der Waals surface area (Å²) in [6, 6.07) is 29.4. The number of rotatable bonds is 7. The Kier molecular flexibility index (Phi) is 12.4. The number of hydrogen-bond donors (Lipinski definition) is 1. The number of aromatic carboxylic acids is 1. The van der Waals surface area contributed by atoms with Gasteiger partial charge in [0.2, 0.25) is 0 Å². The molecule has 7 rings (SSSR count). The number of esters is 1. The van der Waals surface area contributed by atoms with Gasteiger partial charge < -0.3 is 9.84 Å². The summed E-state index contributed by atoms with van der Waals surface area (Å²) in [4.78, 5) is 33.1. The molecule has 266 valence electrons. The number of methoxy groups -OCH3 is 1. The maximum absolute atomic E-state index is 11.9. The van der Waals surface area contributed by atoms with E-state index in [-0.39, 0.29) is 5.56 Å². The zero-order chi connectivity index (χ0) is 37.8. The van der Waals surface area contributed by atoms with Crippen molar-refractivity contribution in [1.29, 1.82) is 0 Å². The second-order valence-electron chi connectivity index (χ2n) is 11.4. The summed E-state index contributed by atoms with van der Waals surface area (Å²) in [5.41, 5.74) is 8.26. The molecule has 5 aromatic carbocycles. The van der Waals surface area contributed by atoms with Crippen LogP contribution in [0.4, 0.5) is 0 Å². The van der Waals surface area contributed by atoms with Crippen molar-refractivity contribution in [2.75, 3.05) is 7.11 Å². The Labute approximate surface area is 341 Å². The fourth-order valence-electron chi connectivity index (χ4n) is 5.28. The van der Waals surface area contributed by atoms with Crippen LogP contribution in [0.25, 0.3) is 54.8 Å². The third-order valence-corrected chi connectivity index (χ3v) is 11.9. The summed E-state index contributed by atoms with van der Waals surface area (Å²) >= 11 is 30.4. The lowest BCUT2D eigenvalue weighted by molar-refractivity contribution is 0.0598. The molecule has 7 aromatic rings. The lowest BCUT2D eigenvalue weighted by Gasteiger charge is -2.10. The number of carboxylic acid groups (broad SMARTS) is 1. The van der Waals surface area contributed by atoms with Crippen LogP contribution in [-0.4, -0.2) is 34.1 Å². The Hall–Kier alpha value is -4.06. The predicted octanol–water partition coefficient (Wildman–Crippen LogP) is 13.8. The second-order valence-corrected chi connectivity index (χ2v) is 15.6. The number of aryl methyl sites for hydroxylation is 1. The van der Waals surface area contributed by atoms with E-state index in [0.717, 1.165) is 54.8 Å². The minimum Gasteiger partial charge on any atom is -0.478 e. The van der Waals surface area contributed by atoms with Crippen molar-refractivity contribution in [3.05, 3.63) is 149 Å². The van der Waals surface area contributed by atoms with Crippen molar-refractivity contribution in [1.82, 2.24) is 9.97 Å². The van der Waals surface area contributed by atoms with Gasteiger partial charge >= 0.3 is 11.9 Å². The number of thiazole rings is 2. The number of nitrogens with zero attached hydrogens (tertiary/aromatic N) is 2. The molecule has 2 heterocycles. The number of carboxylic acids is 1. The number of halogens is 5. The first-order valence-corrected chi connectivity index (χ1v) is 19.6. The van der Waals surface area contributed by atoms with E-state index in [1.807, 2.05) is 78.3 Å². The first-order valence-electron chi connectivity index (χ1n) is 15.6. The van der Waals surface area contributed by atoms with E-state index in [0.29, 0.717) is 35.7 Å². The molecule has 0 amide bonds. The SMILES string of the molecule is COC(=O)c1cc(-c2nc(-c3ccc(Cl)c(Cl)c3)cs2)ccc1Br.Cc1ccccc1-c1ccc(-c2nc(-c3ccc(Cl)c(Cl)c3)cs2)cc1C(=O)O. The Morgan fingerprint density at radius 1 is 0.642 bits per heavy atom. The predicted molar refractivity (Wildman–Crippen MR) is 222 cm³/mol. The summed E-state index contributed by atoms with van der Waals surface area (Å²) in [7, 11) is 1.35. The first-order chi connectivity index (χ1) is 25.4. The highest BCUT2D eigenvalue weighted by molar-refractivity contribution is 9.10. The molecule has 0 aliphatic heterocycles. The highest BCUT2D eigenvalue weighted by Gasteiger charge is 2.17. The summed E-state index contributed by atoms with van der Waals surface area (Å²) in [5.74, 6) is -1.36. The lowest BCUT2D eigenvalue weighted by Crippen LogP contribution is -2.02. The number of ether oxygens (including phenoxy) is 1. The van der Waals surface area contributed by atoms with Gasteiger partial charge in [0.25, 0.3) is 0 Å². The molecule has 0 radical (unpaired) electrons. The van der Waals surface area contributed by atoms with E-state index in [2.05, 4.69) is 25.9 Å². The van der Waals surface area contributed by atoms with E-state index in [9.17, 15) is 14.7 Å². The molecule has 0 aliphatic carbocycles. The van der Waals surface area contributed by atoms with Gasteiger partial charge in [0.05, 0.1) is 49.7 Å². The maximum atomic E-state index is 11.9. The first kappa shape index (κ1) is 38.7. The van der Waals surface area contributed by atoms with Crippen LogP contribution in [0.3, 0.4) is 0 Å². The van der Waals surface area contributed by atoms with Crippen LogP contribution in [0.5, 0.6) is 0 Å². The molecule has 2 aromatic heterocycles. The Balaban J connectivity index is 0.000000185. The van der Waals surface area contributed by atoms with Gasteiger partial charge in [-0.25, -0.2) is 19.6 Å². The number of hydrogen-bond acceptors (Lipinski definition) is 7. The Morgan fingerprint density at radius 3 is 1.66 bits per heavy atom. The van der Waals surface area contributed by atoms with E-state index in [1.54, 1.807) is 36.4 Å². The molecular weight excluding hydrogens is 858 g/mol. The van der Waals surface area contributed by atoms with Gasteiger partial charge in [-0.15, -0.1) is 22.7 Å². The van der Waals surface area contributed by atoms with Gasteiger partial charge in [0.1, 0.15) is 10.0 Å².